The average Bonchev–Trinajstić information content (AvgIpc) is 2.81. The summed E-state index contributed by atoms with van der Waals surface area (Å²) in [6.45, 7) is 4.53. The molecule has 2 rings (SSSR count). The van der Waals surface area contributed by atoms with Crippen LogP contribution in [0.4, 0.5) is 0 Å². The summed E-state index contributed by atoms with van der Waals surface area (Å²) < 4.78 is 5.64. The molecular formula is C15H23NO2. The van der Waals surface area contributed by atoms with E-state index in [0.29, 0.717) is 0 Å². The van der Waals surface area contributed by atoms with Gasteiger partial charge in [0.1, 0.15) is 0 Å². The molecule has 0 unspecified atom stereocenters. The second-order valence-electron chi connectivity index (χ2n) is 4.94. The second-order valence-corrected chi connectivity index (χ2v) is 4.94. The van der Waals surface area contributed by atoms with Crippen molar-refractivity contribution in [2.45, 2.75) is 25.4 Å². The molecule has 1 heterocycles. The maximum Gasteiger partial charge on any atom is 0.0679 e. The van der Waals surface area contributed by atoms with E-state index in [-0.39, 0.29) is 6.10 Å². The Labute approximate surface area is 109 Å². The van der Waals surface area contributed by atoms with Gasteiger partial charge < -0.3 is 14.7 Å². The lowest BCUT2D eigenvalue weighted by Crippen LogP contribution is -2.24. The van der Waals surface area contributed by atoms with Crippen molar-refractivity contribution in [1.82, 2.24) is 4.90 Å². The van der Waals surface area contributed by atoms with Crippen LogP contribution in [-0.2, 0) is 11.2 Å². The minimum Gasteiger partial charge on any atom is -0.392 e. The van der Waals surface area contributed by atoms with Gasteiger partial charge in [-0.3, -0.25) is 0 Å². The predicted octanol–water partition coefficient (Wildman–Crippen LogP) is 1.70. The number of hydrogen-bond donors (Lipinski definition) is 1. The molecule has 100 valence electrons. The van der Waals surface area contributed by atoms with Crippen molar-refractivity contribution in [1.29, 1.82) is 0 Å². The highest BCUT2D eigenvalue weighted by atomic mass is 16.5. The number of hydrogen-bond acceptors (Lipinski definition) is 3. The van der Waals surface area contributed by atoms with Crippen LogP contribution in [0.5, 0.6) is 0 Å². The molecule has 0 saturated carbocycles. The number of aliphatic hydroxyl groups excluding tert-OH is 1. The van der Waals surface area contributed by atoms with Gasteiger partial charge in [-0.25, -0.2) is 0 Å². The van der Waals surface area contributed by atoms with Crippen LogP contribution in [-0.4, -0.2) is 49.0 Å². The first-order valence-electron chi connectivity index (χ1n) is 6.86. The standard InChI is InChI=1S/C15H23NO2/c17-15-7-10-16(13-15)9-4-11-18-12-8-14-5-2-1-3-6-14/h1-3,5-6,15,17H,4,7-13H2/t15-/m1/s1. The largest absolute Gasteiger partial charge is 0.392 e. The Bertz CT molecular complexity index is 329. The fourth-order valence-corrected chi connectivity index (χ4v) is 2.34. The van der Waals surface area contributed by atoms with Gasteiger partial charge in [0.25, 0.3) is 0 Å². The Morgan fingerprint density at radius 3 is 2.78 bits per heavy atom. The molecule has 1 atom stereocenters. The molecular weight excluding hydrogens is 226 g/mol. The number of nitrogens with zero attached hydrogens (tertiary/aromatic N) is 1. The third-order valence-electron chi connectivity index (χ3n) is 3.39. The zero-order valence-electron chi connectivity index (χ0n) is 10.9. The van der Waals surface area contributed by atoms with Crippen molar-refractivity contribution in [3.63, 3.8) is 0 Å². The summed E-state index contributed by atoms with van der Waals surface area (Å²) in [6, 6.07) is 10.4. The summed E-state index contributed by atoms with van der Waals surface area (Å²) in [5.41, 5.74) is 1.33. The first kappa shape index (κ1) is 13.5. The monoisotopic (exact) mass is 249 g/mol. The van der Waals surface area contributed by atoms with E-state index in [2.05, 4.69) is 29.2 Å². The molecule has 0 aliphatic carbocycles. The van der Waals surface area contributed by atoms with E-state index >= 15 is 0 Å². The Morgan fingerprint density at radius 1 is 1.22 bits per heavy atom. The maximum absolute atomic E-state index is 9.39. The molecule has 3 heteroatoms. The normalized spacial score (nSPS) is 20.4. The van der Waals surface area contributed by atoms with Gasteiger partial charge in [0.2, 0.25) is 0 Å². The van der Waals surface area contributed by atoms with Crippen molar-refractivity contribution in [3.8, 4) is 0 Å². The van der Waals surface area contributed by atoms with E-state index in [4.69, 9.17) is 4.74 Å². The van der Waals surface area contributed by atoms with Crippen molar-refractivity contribution < 1.29 is 9.84 Å². The lowest BCUT2D eigenvalue weighted by atomic mass is 10.2. The van der Waals surface area contributed by atoms with E-state index in [1.165, 1.54) is 5.56 Å². The number of β-amino-alcohol motifs (C(OH)–C–C–N with tert-alkyl or cyclic N) is 1. The number of aliphatic hydroxyl groups is 1. The van der Waals surface area contributed by atoms with Gasteiger partial charge in [0.15, 0.2) is 0 Å². The highest BCUT2D eigenvalue weighted by Crippen LogP contribution is 2.08. The summed E-state index contributed by atoms with van der Waals surface area (Å²) in [6.07, 6.45) is 2.86. The molecule has 0 radical (unpaired) electrons. The van der Waals surface area contributed by atoms with Gasteiger partial charge in [-0.15, -0.1) is 0 Å². The molecule has 3 nitrogen and oxygen atoms in total. The van der Waals surface area contributed by atoms with E-state index in [1.807, 2.05) is 6.07 Å². The number of rotatable bonds is 7. The molecule has 1 aliphatic heterocycles. The van der Waals surface area contributed by atoms with Gasteiger partial charge >= 0.3 is 0 Å². The fraction of sp³-hybridized carbons (Fsp3) is 0.600. The lowest BCUT2D eigenvalue weighted by Gasteiger charge is -2.14. The van der Waals surface area contributed by atoms with Gasteiger partial charge in [-0.05, 0) is 24.8 Å². The third-order valence-corrected chi connectivity index (χ3v) is 3.39. The molecule has 1 aromatic carbocycles. The van der Waals surface area contributed by atoms with Crippen LogP contribution in [0.3, 0.4) is 0 Å². The predicted molar refractivity (Wildman–Crippen MR) is 72.6 cm³/mol. The molecule has 18 heavy (non-hydrogen) atoms. The molecule has 0 aromatic heterocycles. The summed E-state index contributed by atoms with van der Waals surface area (Å²) in [5.74, 6) is 0. The number of benzene rings is 1. The van der Waals surface area contributed by atoms with Crippen LogP contribution in [0.2, 0.25) is 0 Å². The highest BCUT2D eigenvalue weighted by molar-refractivity contribution is 5.14. The van der Waals surface area contributed by atoms with Crippen molar-refractivity contribution in [2.24, 2.45) is 0 Å². The van der Waals surface area contributed by atoms with Crippen LogP contribution in [0, 0.1) is 0 Å². The second kappa shape index (κ2) is 7.52. The van der Waals surface area contributed by atoms with E-state index in [1.54, 1.807) is 0 Å². The van der Waals surface area contributed by atoms with Gasteiger partial charge in [0, 0.05) is 26.2 Å². The first-order chi connectivity index (χ1) is 8.84. The number of ether oxygens (including phenoxy) is 1. The van der Waals surface area contributed by atoms with Crippen LogP contribution in [0.1, 0.15) is 18.4 Å². The van der Waals surface area contributed by atoms with Crippen LogP contribution in [0.25, 0.3) is 0 Å². The summed E-state index contributed by atoms with van der Waals surface area (Å²) >= 11 is 0. The molecule has 1 N–H and O–H groups in total. The van der Waals surface area contributed by atoms with Gasteiger partial charge in [-0.1, -0.05) is 30.3 Å². The van der Waals surface area contributed by atoms with Crippen molar-refractivity contribution >= 4 is 0 Å². The van der Waals surface area contributed by atoms with Gasteiger partial charge in [-0.2, -0.15) is 0 Å². The molecule has 1 aliphatic rings. The van der Waals surface area contributed by atoms with E-state index < -0.39 is 0 Å². The third kappa shape index (κ3) is 4.77. The zero-order chi connectivity index (χ0) is 12.6. The van der Waals surface area contributed by atoms with E-state index in [9.17, 15) is 5.11 Å². The molecule has 0 bridgehead atoms. The quantitative estimate of drug-likeness (QED) is 0.747. The van der Waals surface area contributed by atoms with Crippen molar-refractivity contribution in [2.75, 3.05) is 32.8 Å². The SMILES string of the molecule is O[C@@H]1CCN(CCCOCCc2ccccc2)C1. The van der Waals surface area contributed by atoms with E-state index in [0.717, 1.165) is 52.1 Å². The molecule has 0 amide bonds. The Kier molecular flexibility index (Phi) is 5.65. The molecule has 1 aromatic rings. The maximum atomic E-state index is 9.39. The minimum absolute atomic E-state index is 0.107. The van der Waals surface area contributed by atoms with Gasteiger partial charge in [0.05, 0.1) is 12.7 Å². The summed E-state index contributed by atoms with van der Waals surface area (Å²) in [5, 5.41) is 9.39. The van der Waals surface area contributed by atoms with Crippen molar-refractivity contribution in [3.05, 3.63) is 35.9 Å². The first-order valence-corrected chi connectivity index (χ1v) is 6.86. The lowest BCUT2D eigenvalue weighted by molar-refractivity contribution is 0.122. The smallest absolute Gasteiger partial charge is 0.0679 e. The summed E-state index contributed by atoms with van der Waals surface area (Å²) in [4.78, 5) is 2.31. The molecule has 1 saturated heterocycles. The Hall–Kier alpha value is -0.900. The average molecular weight is 249 g/mol. The topological polar surface area (TPSA) is 32.7 Å². The Balaban J connectivity index is 1.47. The highest BCUT2D eigenvalue weighted by Gasteiger charge is 2.18. The molecule has 0 spiro atoms. The molecule has 1 fully saturated rings. The minimum atomic E-state index is -0.107. The van der Waals surface area contributed by atoms with Crippen LogP contribution >= 0.6 is 0 Å². The fourth-order valence-electron chi connectivity index (χ4n) is 2.34. The summed E-state index contributed by atoms with van der Waals surface area (Å²) in [7, 11) is 0. The van der Waals surface area contributed by atoms with Crippen LogP contribution < -0.4 is 0 Å². The van der Waals surface area contributed by atoms with Crippen LogP contribution in [0.15, 0.2) is 30.3 Å². The Morgan fingerprint density at radius 2 is 2.06 bits per heavy atom. The zero-order valence-corrected chi connectivity index (χ0v) is 10.9. The number of likely N-dealkylation sites (tertiary alicyclic amines) is 1.